The Morgan fingerprint density at radius 3 is 1.78 bits per heavy atom. The highest BCUT2D eigenvalue weighted by Gasteiger charge is 2.29. The smallest absolute Gasteiger partial charge is 0.326 e. The minimum Gasteiger partial charge on any atom is -0.480 e. The van der Waals surface area contributed by atoms with Gasteiger partial charge in [-0.15, -0.1) is 11.6 Å². The molecule has 12 nitrogen and oxygen atoms in total. The van der Waals surface area contributed by atoms with Gasteiger partial charge in [0.25, 0.3) is 0 Å². The molecule has 0 aromatic heterocycles. The number of halogens is 1. The van der Waals surface area contributed by atoms with Crippen LogP contribution in [0.2, 0.25) is 0 Å². The van der Waals surface area contributed by atoms with Gasteiger partial charge in [-0.05, 0) is 24.7 Å². The van der Waals surface area contributed by atoms with Gasteiger partial charge in [-0.3, -0.25) is 19.2 Å². The third-order valence-electron chi connectivity index (χ3n) is 4.68. The van der Waals surface area contributed by atoms with E-state index in [0.717, 1.165) is 0 Å². The summed E-state index contributed by atoms with van der Waals surface area (Å²) in [6, 6.07) is -4.46. The van der Waals surface area contributed by atoms with Crippen LogP contribution in [0.4, 0.5) is 0 Å². The van der Waals surface area contributed by atoms with E-state index in [2.05, 4.69) is 16.0 Å². The van der Waals surface area contributed by atoms with Crippen molar-refractivity contribution in [2.75, 3.05) is 6.54 Å². The van der Waals surface area contributed by atoms with Crippen molar-refractivity contribution in [3.63, 3.8) is 0 Å². The van der Waals surface area contributed by atoms with Gasteiger partial charge in [0, 0.05) is 0 Å². The molecule has 32 heavy (non-hydrogen) atoms. The van der Waals surface area contributed by atoms with Crippen molar-refractivity contribution >= 4 is 41.3 Å². The van der Waals surface area contributed by atoms with E-state index in [0.29, 0.717) is 0 Å². The minimum absolute atomic E-state index is 0.0433. The van der Waals surface area contributed by atoms with Gasteiger partial charge in [0.2, 0.25) is 17.7 Å². The maximum atomic E-state index is 12.5. The summed E-state index contributed by atoms with van der Waals surface area (Å²) in [4.78, 5) is 58.8. The maximum absolute atomic E-state index is 12.5. The number of carbonyl (C=O) groups is 5. The summed E-state index contributed by atoms with van der Waals surface area (Å²) in [7, 11) is 0. The molecule has 0 saturated carbocycles. The molecule has 0 radical (unpaired) electrons. The van der Waals surface area contributed by atoms with E-state index in [-0.39, 0.29) is 24.7 Å². The number of alkyl halides is 1. The second-order valence-corrected chi connectivity index (χ2v) is 8.70. The number of rotatable bonds is 14. The van der Waals surface area contributed by atoms with E-state index < -0.39 is 65.7 Å². The molecule has 2 unspecified atom stereocenters. The van der Waals surface area contributed by atoms with Crippen molar-refractivity contribution in [1.29, 1.82) is 0 Å². The quantitative estimate of drug-likeness (QED) is 0.145. The molecule has 0 bridgehead atoms. The van der Waals surface area contributed by atoms with Crippen LogP contribution in [0.25, 0.3) is 0 Å². The number of amides is 3. The van der Waals surface area contributed by atoms with Crippen molar-refractivity contribution in [2.45, 2.75) is 70.1 Å². The predicted molar refractivity (Wildman–Crippen MR) is 117 cm³/mol. The Morgan fingerprint density at radius 1 is 0.812 bits per heavy atom. The molecule has 0 aromatic carbocycles. The van der Waals surface area contributed by atoms with Crippen LogP contribution in [-0.2, 0) is 24.0 Å². The van der Waals surface area contributed by atoms with Gasteiger partial charge in [-0.25, -0.2) is 4.79 Å². The van der Waals surface area contributed by atoms with Crippen LogP contribution in [0.1, 0.15) is 40.5 Å². The molecule has 184 valence electrons. The Kier molecular flexibility index (Phi) is 12.8. The molecule has 0 heterocycles. The van der Waals surface area contributed by atoms with Gasteiger partial charge in [0.05, 0.1) is 18.0 Å². The van der Waals surface area contributed by atoms with Crippen molar-refractivity contribution in [1.82, 2.24) is 16.0 Å². The molecule has 0 spiro atoms. The highest BCUT2D eigenvalue weighted by atomic mass is 35.5. The molecule has 0 aliphatic carbocycles. The van der Waals surface area contributed by atoms with Gasteiger partial charge in [0.1, 0.15) is 18.1 Å². The fraction of sp³-hybridized carbons (Fsp3) is 0.737. The summed E-state index contributed by atoms with van der Waals surface area (Å²) in [6.45, 7) is 6.15. The lowest BCUT2D eigenvalue weighted by atomic mass is 10.0. The summed E-state index contributed by atoms with van der Waals surface area (Å²) in [5, 5.41) is 24.2. The summed E-state index contributed by atoms with van der Waals surface area (Å²) in [5.74, 6) is -5.15. The first kappa shape index (κ1) is 29.6. The molecule has 0 aromatic rings. The van der Waals surface area contributed by atoms with Gasteiger partial charge < -0.3 is 37.6 Å². The van der Waals surface area contributed by atoms with Crippen LogP contribution in [-0.4, -0.2) is 76.0 Å². The Morgan fingerprint density at radius 2 is 1.34 bits per heavy atom. The zero-order chi connectivity index (χ0) is 25.2. The molecule has 0 fully saturated rings. The molecule has 0 rings (SSSR count). The molecule has 3 amide bonds. The van der Waals surface area contributed by atoms with Crippen LogP contribution in [0.3, 0.4) is 0 Å². The van der Waals surface area contributed by atoms with E-state index in [1.54, 1.807) is 27.7 Å². The average Bonchev–Trinajstić information content (AvgIpc) is 2.70. The van der Waals surface area contributed by atoms with Crippen LogP contribution in [0, 0.1) is 11.8 Å². The maximum Gasteiger partial charge on any atom is 0.326 e. The summed E-state index contributed by atoms with van der Waals surface area (Å²) in [5.41, 5.74) is 11.2. The van der Waals surface area contributed by atoms with E-state index in [1.165, 1.54) is 0 Å². The van der Waals surface area contributed by atoms with Crippen molar-refractivity contribution < 1.29 is 34.2 Å². The fourth-order valence-corrected chi connectivity index (χ4v) is 2.85. The number of carbonyl (C=O) groups excluding carboxylic acids is 3. The van der Waals surface area contributed by atoms with Crippen LogP contribution in [0.15, 0.2) is 0 Å². The monoisotopic (exact) mass is 479 g/mol. The largest absolute Gasteiger partial charge is 0.480 e. The lowest BCUT2D eigenvalue weighted by Crippen LogP contribution is -2.55. The predicted octanol–water partition coefficient (Wildman–Crippen LogP) is -1.40. The third-order valence-corrected chi connectivity index (χ3v) is 5.17. The lowest BCUT2D eigenvalue weighted by molar-refractivity contribution is -0.143. The molecule has 9 N–H and O–H groups in total. The molecule has 0 aliphatic heterocycles. The number of nitrogens with two attached hydrogens (primary N) is 2. The van der Waals surface area contributed by atoms with Crippen LogP contribution < -0.4 is 27.4 Å². The van der Waals surface area contributed by atoms with Gasteiger partial charge in [0.15, 0.2) is 0 Å². The molecule has 0 saturated heterocycles. The van der Waals surface area contributed by atoms with E-state index >= 15 is 0 Å². The van der Waals surface area contributed by atoms with Crippen molar-refractivity contribution in [3.05, 3.63) is 0 Å². The highest BCUT2D eigenvalue weighted by Crippen LogP contribution is 2.11. The summed E-state index contributed by atoms with van der Waals surface area (Å²) >= 11 is 5.90. The zero-order valence-corrected chi connectivity index (χ0v) is 19.4. The summed E-state index contributed by atoms with van der Waals surface area (Å²) in [6.07, 6.45) is 0.116. The first-order chi connectivity index (χ1) is 14.7. The first-order valence-electron chi connectivity index (χ1n) is 10.2. The van der Waals surface area contributed by atoms with Gasteiger partial charge >= 0.3 is 11.9 Å². The number of carboxylic acids is 2. The number of hydrogen-bond donors (Lipinski definition) is 7. The Bertz CT molecular complexity index is 689. The number of carboxylic acid groups (broad SMARTS) is 2. The SMILES string of the molecule is CC(C)[C@H](NC(=O)CNC(=O)[C@@H](NC(=O)[C@@H](N)CCC(Cl)C(N)C(=O)O)C(C)C)C(=O)O. The third kappa shape index (κ3) is 10.2. The topological polar surface area (TPSA) is 214 Å². The van der Waals surface area contributed by atoms with Gasteiger partial charge in [-0.1, -0.05) is 27.7 Å². The van der Waals surface area contributed by atoms with E-state index in [4.69, 9.17) is 33.3 Å². The number of nitrogens with one attached hydrogen (secondary N) is 3. The molecular weight excluding hydrogens is 446 g/mol. The standard InChI is InChI=1S/C19H34ClN5O7/c1-8(2)14(17(28)23-7-12(26)24-15(9(3)4)19(31)32)25-16(27)11(21)6-5-10(20)13(22)18(29)30/h8-11,13-15H,5-7,21-22H2,1-4H3,(H,23,28)(H,24,26)(H,25,27)(H,29,30)(H,31,32)/t10?,11-,13?,14-,15-/m0/s1. The zero-order valence-electron chi connectivity index (χ0n) is 18.6. The second kappa shape index (κ2) is 13.9. The first-order valence-corrected chi connectivity index (χ1v) is 10.6. The average molecular weight is 480 g/mol. The molecule has 5 atom stereocenters. The second-order valence-electron chi connectivity index (χ2n) is 8.14. The molecule has 13 heteroatoms. The minimum atomic E-state index is -1.30. The highest BCUT2D eigenvalue weighted by molar-refractivity contribution is 6.22. The van der Waals surface area contributed by atoms with E-state index in [9.17, 15) is 24.0 Å². The molecule has 0 aliphatic rings. The fourth-order valence-electron chi connectivity index (χ4n) is 2.61. The Balaban J connectivity index is 4.80. The number of hydrogen-bond acceptors (Lipinski definition) is 7. The van der Waals surface area contributed by atoms with Crippen LogP contribution >= 0.6 is 11.6 Å². The Labute approximate surface area is 191 Å². The Hall–Kier alpha value is -2.44. The summed E-state index contributed by atoms with van der Waals surface area (Å²) < 4.78 is 0. The van der Waals surface area contributed by atoms with Crippen molar-refractivity contribution in [2.24, 2.45) is 23.3 Å². The molecular formula is C19H34ClN5O7. The van der Waals surface area contributed by atoms with Gasteiger partial charge in [-0.2, -0.15) is 0 Å². The van der Waals surface area contributed by atoms with Crippen molar-refractivity contribution in [3.8, 4) is 0 Å². The lowest BCUT2D eigenvalue weighted by Gasteiger charge is -2.24. The number of aliphatic carboxylic acids is 2. The normalized spacial score (nSPS) is 15.9. The van der Waals surface area contributed by atoms with E-state index in [1.807, 2.05) is 0 Å². The van der Waals surface area contributed by atoms with Crippen LogP contribution in [0.5, 0.6) is 0 Å².